The van der Waals surface area contributed by atoms with Crippen LogP contribution in [-0.4, -0.2) is 5.91 Å². The van der Waals surface area contributed by atoms with Gasteiger partial charge in [0.15, 0.2) is 0 Å². The van der Waals surface area contributed by atoms with Gasteiger partial charge in [0, 0.05) is 4.47 Å². The van der Waals surface area contributed by atoms with E-state index in [1.807, 2.05) is 42.5 Å². The van der Waals surface area contributed by atoms with Crippen molar-refractivity contribution in [2.24, 2.45) is 11.8 Å². The van der Waals surface area contributed by atoms with E-state index in [0.717, 1.165) is 4.47 Å². The van der Waals surface area contributed by atoms with Crippen molar-refractivity contribution in [3.05, 3.63) is 70.2 Å². The number of benzene rings is 2. The van der Waals surface area contributed by atoms with Gasteiger partial charge in [0.2, 0.25) is 0 Å². The van der Waals surface area contributed by atoms with Gasteiger partial charge in [-0.3, -0.25) is 4.79 Å². The first-order chi connectivity index (χ1) is 10.2. The number of hydrogen-bond acceptors (Lipinski definition) is 1. The lowest BCUT2D eigenvalue weighted by Gasteiger charge is -2.20. The van der Waals surface area contributed by atoms with Crippen LogP contribution >= 0.6 is 15.9 Å². The van der Waals surface area contributed by atoms with Gasteiger partial charge in [0.05, 0.1) is 11.6 Å². The quantitative estimate of drug-likeness (QED) is 0.864. The number of halogens is 1. The van der Waals surface area contributed by atoms with Gasteiger partial charge in [-0.25, -0.2) is 0 Å². The second kappa shape index (κ2) is 6.02. The van der Waals surface area contributed by atoms with Crippen LogP contribution in [0.15, 0.2) is 59.1 Å². The zero-order chi connectivity index (χ0) is 14.8. The highest BCUT2D eigenvalue weighted by atomic mass is 79.9. The Morgan fingerprint density at radius 1 is 1.14 bits per heavy atom. The van der Waals surface area contributed by atoms with E-state index in [9.17, 15) is 4.79 Å². The first-order valence-corrected chi connectivity index (χ1v) is 8.06. The Kier molecular flexibility index (Phi) is 4.11. The van der Waals surface area contributed by atoms with Crippen molar-refractivity contribution in [1.82, 2.24) is 5.32 Å². The van der Waals surface area contributed by atoms with E-state index < -0.39 is 0 Å². The first-order valence-electron chi connectivity index (χ1n) is 7.27. The molecule has 0 radical (unpaired) electrons. The van der Waals surface area contributed by atoms with Crippen molar-refractivity contribution in [3.8, 4) is 0 Å². The smallest absolute Gasteiger partial charge is 0.252 e. The molecule has 3 heteroatoms. The van der Waals surface area contributed by atoms with Crippen molar-refractivity contribution in [1.29, 1.82) is 0 Å². The largest absolute Gasteiger partial charge is 0.345 e. The summed E-state index contributed by atoms with van der Waals surface area (Å²) in [6.07, 6.45) is 1.18. The first kappa shape index (κ1) is 14.3. The van der Waals surface area contributed by atoms with E-state index in [0.29, 0.717) is 17.4 Å². The lowest BCUT2D eigenvalue weighted by molar-refractivity contribution is 0.0930. The summed E-state index contributed by atoms with van der Waals surface area (Å²) in [7, 11) is 0. The summed E-state index contributed by atoms with van der Waals surface area (Å²) >= 11 is 3.45. The Labute approximate surface area is 133 Å². The molecule has 1 fully saturated rings. The van der Waals surface area contributed by atoms with E-state index in [4.69, 9.17) is 0 Å². The van der Waals surface area contributed by atoms with Crippen LogP contribution in [-0.2, 0) is 0 Å². The topological polar surface area (TPSA) is 29.1 Å². The molecule has 21 heavy (non-hydrogen) atoms. The van der Waals surface area contributed by atoms with E-state index in [1.165, 1.54) is 12.0 Å². The summed E-state index contributed by atoms with van der Waals surface area (Å²) in [6.45, 7) is 2.24. The van der Waals surface area contributed by atoms with Crippen LogP contribution in [0.25, 0.3) is 0 Å². The molecule has 0 heterocycles. The van der Waals surface area contributed by atoms with E-state index in [-0.39, 0.29) is 11.9 Å². The SMILES string of the molecule is CC1CC1C(NC(=O)c1ccccc1Br)c1ccccc1. The molecule has 1 aliphatic rings. The van der Waals surface area contributed by atoms with E-state index in [1.54, 1.807) is 0 Å². The van der Waals surface area contributed by atoms with Gasteiger partial charge in [-0.05, 0) is 51.9 Å². The predicted octanol–water partition coefficient (Wildman–Crippen LogP) is 4.58. The maximum absolute atomic E-state index is 12.5. The fourth-order valence-corrected chi connectivity index (χ4v) is 3.24. The second-order valence-corrected chi connectivity index (χ2v) is 6.57. The molecule has 2 nitrogen and oxygen atoms in total. The number of carbonyl (C=O) groups excluding carboxylic acids is 1. The minimum Gasteiger partial charge on any atom is -0.345 e. The molecule has 3 rings (SSSR count). The van der Waals surface area contributed by atoms with Crippen LogP contribution in [0.5, 0.6) is 0 Å². The molecule has 0 aromatic heterocycles. The van der Waals surface area contributed by atoms with Crippen molar-refractivity contribution in [3.63, 3.8) is 0 Å². The van der Waals surface area contributed by atoms with Gasteiger partial charge in [0.25, 0.3) is 5.91 Å². The van der Waals surface area contributed by atoms with Gasteiger partial charge in [-0.2, -0.15) is 0 Å². The molecule has 0 spiro atoms. The minimum absolute atomic E-state index is 0.0181. The summed E-state index contributed by atoms with van der Waals surface area (Å²) in [5.41, 5.74) is 1.87. The monoisotopic (exact) mass is 343 g/mol. The maximum Gasteiger partial charge on any atom is 0.252 e. The van der Waals surface area contributed by atoms with Crippen LogP contribution in [0.4, 0.5) is 0 Å². The molecular formula is C18H18BrNO. The zero-order valence-corrected chi connectivity index (χ0v) is 13.5. The van der Waals surface area contributed by atoms with Crippen LogP contribution in [0.2, 0.25) is 0 Å². The van der Waals surface area contributed by atoms with Crippen molar-refractivity contribution >= 4 is 21.8 Å². The molecule has 2 aromatic carbocycles. The fourth-order valence-electron chi connectivity index (χ4n) is 2.78. The lowest BCUT2D eigenvalue weighted by atomic mass is 10.0. The molecule has 1 saturated carbocycles. The Balaban J connectivity index is 1.83. The fraction of sp³-hybridized carbons (Fsp3) is 0.278. The Morgan fingerprint density at radius 3 is 2.38 bits per heavy atom. The van der Waals surface area contributed by atoms with Crippen molar-refractivity contribution < 1.29 is 4.79 Å². The Bertz CT molecular complexity index is 641. The number of hydrogen-bond donors (Lipinski definition) is 1. The highest BCUT2D eigenvalue weighted by Gasteiger charge is 2.41. The van der Waals surface area contributed by atoms with Crippen LogP contribution in [0, 0.1) is 11.8 Å². The molecule has 0 saturated heterocycles. The van der Waals surface area contributed by atoms with Gasteiger partial charge in [-0.1, -0.05) is 49.4 Å². The molecule has 108 valence electrons. The van der Waals surface area contributed by atoms with Crippen molar-refractivity contribution in [2.45, 2.75) is 19.4 Å². The molecule has 0 bridgehead atoms. The normalized spacial score (nSPS) is 21.6. The standard InChI is InChI=1S/C18H18BrNO/c1-12-11-15(12)17(13-7-3-2-4-8-13)20-18(21)14-9-5-6-10-16(14)19/h2-10,12,15,17H,11H2,1H3,(H,20,21). The van der Waals surface area contributed by atoms with Gasteiger partial charge < -0.3 is 5.32 Å². The third-order valence-corrected chi connectivity index (χ3v) is 4.86. The molecule has 1 N–H and O–H groups in total. The summed E-state index contributed by atoms with van der Waals surface area (Å²) in [6, 6.07) is 17.9. The lowest BCUT2D eigenvalue weighted by Crippen LogP contribution is -2.30. The molecule has 2 aromatic rings. The number of nitrogens with one attached hydrogen (secondary N) is 1. The minimum atomic E-state index is -0.0181. The van der Waals surface area contributed by atoms with Crippen LogP contribution < -0.4 is 5.32 Å². The third kappa shape index (κ3) is 3.18. The predicted molar refractivity (Wildman–Crippen MR) is 88.1 cm³/mol. The number of rotatable bonds is 4. The maximum atomic E-state index is 12.5. The van der Waals surface area contributed by atoms with Gasteiger partial charge >= 0.3 is 0 Å². The molecule has 1 aliphatic carbocycles. The average Bonchev–Trinajstić information content (AvgIpc) is 3.22. The van der Waals surface area contributed by atoms with Crippen LogP contribution in [0.1, 0.15) is 35.3 Å². The summed E-state index contributed by atoms with van der Waals surface area (Å²) < 4.78 is 0.832. The molecule has 3 unspecified atom stereocenters. The van der Waals surface area contributed by atoms with Gasteiger partial charge in [0.1, 0.15) is 0 Å². The molecule has 1 amide bonds. The zero-order valence-electron chi connectivity index (χ0n) is 11.9. The van der Waals surface area contributed by atoms with Crippen LogP contribution in [0.3, 0.4) is 0 Å². The number of carbonyl (C=O) groups is 1. The molecule has 3 atom stereocenters. The summed E-state index contributed by atoms with van der Waals surface area (Å²) in [5, 5.41) is 3.21. The summed E-state index contributed by atoms with van der Waals surface area (Å²) in [4.78, 5) is 12.5. The molecular weight excluding hydrogens is 326 g/mol. The summed E-state index contributed by atoms with van der Waals surface area (Å²) in [5.74, 6) is 1.20. The highest BCUT2D eigenvalue weighted by Crippen LogP contribution is 2.47. The Morgan fingerprint density at radius 2 is 1.76 bits per heavy atom. The van der Waals surface area contributed by atoms with Gasteiger partial charge in [-0.15, -0.1) is 0 Å². The highest BCUT2D eigenvalue weighted by molar-refractivity contribution is 9.10. The van der Waals surface area contributed by atoms with E-state index >= 15 is 0 Å². The number of amides is 1. The van der Waals surface area contributed by atoms with Crippen molar-refractivity contribution in [2.75, 3.05) is 0 Å². The Hall–Kier alpha value is -1.61. The van der Waals surface area contributed by atoms with E-state index in [2.05, 4.69) is 40.3 Å². The second-order valence-electron chi connectivity index (χ2n) is 5.72. The average molecular weight is 344 g/mol. The molecule has 0 aliphatic heterocycles. The third-order valence-electron chi connectivity index (χ3n) is 4.16.